The van der Waals surface area contributed by atoms with Gasteiger partial charge in [-0.15, -0.1) is 0 Å². The first kappa shape index (κ1) is 13.1. The number of hydrogen-bond acceptors (Lipinski definition) is 2. The van der Waals surface area contributed by atoms with Crippen molar-refractivity contribution in [3.63, 3.8) is 0 Å². The van der Waals surface area contributed by atoms with Crippen LogP contribution in [0.25, 0.3) is 5.69 Å². The molecule has 1 heterocycles. The van der Waals surface area contributed by atoms with Gasteiger partial charge in [-0.05, 0) is 31.0 Å². The van der Waals surface area contributed by atoms with Gasteiger partial charge in [-0.2, -0.15) is 0 Å². The zero-order chi connectivity index (χ0) is 14.0. The molecule has 0 aliphatic rings. The van der Waals surface area contributed by atoms with Crippen LogP contribution in [0.5, 0.6) is 0 Å². The normalized spacial score (nSPS) is 12.3. The summed E-state index contributed by atoms with van der Waals surface area (Å²) >= 11 is 0. The minimum atomic E-state index is -0.819. The van der Waals surface area contributed by atoms with Crippen molar-refractivity contribution in [2.75, 3.05) is 0 Å². The number of hydrogen-bond donors (Lipinski definition) is 2. The molecule has 5 nitrogen and oxygen atoms in total. The van der Waals surface area contributed by atoms with E-state index in [1.165, 1.54) is 0 Å². The number of nitrogens with zero attached hydrogens (tertiary/aromatic N) is 1. The van der Waals surface area contributed by atoms with E-state index in [-0.39, 0.29) is 5.69 Å². The molecule has 2 aromatic rings. The van der Waals surface area contributed by atoms with Crippen molar-refractivity contribution in [3.8, 4) is 5.69 Å². The quantitative estimate of drug-likeness (QED) is 0.879. The van der Waals surface area contributed by atoms with Gasteiger partial charge in [0, 0.05) is 11.9 Å². The van der Waals surface area contributed by atoms with E-state index in [1.54, 1.807) is 17.7 Å². The highest BCUT2D eigenvalue weighted by atomic mass is 16.4. The van der Waals surface area contributed by atoms with Crippen LogP contribution >= 0.6 is 0 Å². The average molecular weight is 260 g/mol. The van der Waals surface area contributed by atoms with Crippen LogP contribution in [0.3, 0.4) is 0 Å². The number of benzene rings is 1. The minimum absolute atomic E-state index is 0.194. The van der Waals surface area contributed by atoms with Crippen molar-refractivity contribution in [2.45, 2.75) is 20.3 Å². The molecule has 1 unspecified atom stereocenters. The number of aliphatic carboxylic acids is 1. The largest absolute Gasteiger partial charge is 0.481 e. The lowest BCUT2D eigenvalue weighted by molar-refractivity contribution is -0.141. The molecule has 0 radical (unpaired) electrons. The van der Waals surface area contributed by atoms with Gasteiger partial charge in [0.05, 0.1) is 11.6 Å². The Morgan fingerprint density at radius 3 is 2.79 bits per heavy atom. The lowest BCUT2D eigenvalue weighted by atomic mass is 10.0. The fraction of sp³-hybridized carbons (Fsp3) is 0.286. The summed E-state index contributed by atoms with van der Waals surface area (Å²) < 4.78 is 1.56. The van der Waals surface area contributed by atoms with Gasteiger partial charge in [-0.1, -0.05) is 19.1 Å². The molecule has 1 aromatic heterocycles. The van der Waals surface area contributed by atoms with Gasteiger partial charge in [-0.25, -0.2) is 4.79 Å². The SMILES string of the molecule is Cc1c[nH]c(=O)n1-c1cccc(CC(C)C(=O)O)c1. The van der Waals surface area contributed by atoms with E-state index in [0.717, 1.165) is 16.9 Å². The number of imidazole rings is 1. The highest BCUT2D eigenvalue weighted by molar-refractivity contribution is 5.69. The van der Waals surface area contributed by atoms with Gasteiger partial charge >= 0.3 is 11.7 Å². The van der Waals surface area contributed by atoms with Crippen LogP contribution in [0.4, 0.5) is 0 Å². The Kier molecular flexibility index (Phi) is 3.55. The van der Waals surface area contributed by atoms with Crippen molar-refractivity contribution in [1.29, 1.82) is 0 Å². The molecule has 0 amide bonds. The van der Waals surface area contributed by atoms with Crippen molar-refractivity contribution >= 4 is 5.97 Å². The van der Waals surface area contributed by atoms with Crippen LogP contribution in [-0.4, -0.2) is 20.6 Å². The van der Waals surface area contributed by atoms with E-state index < -0.39 is 11.9 Å². The standard InChI is InChI=1S/C14H16N2O3/c1-9(13(17)18)6-11-4-3-5-12(7-11)16-10(2)8-15-14(16)19/h3-5,7-9H,6H2,1-2H3,(H,15,19)(H,17,18). The number of H-pyrrole nitrogens is 1. The molecule has 2 rings (SSSR count). The maximum Gasteiger partial charge on any atom is 0.330 e. The van der Waals surface area contributed by atoms with Gasteiger partial charge in [-0.3, -0.25) is 9.36 Å². The Labute approximate surface area is 110 Å². The van der Waals surface area contributed by atoms with E-state index >= 15 is 0 Å². The van der Waals surface area contributed by atoms with E-state index in [4.69, 9.17) is 5.11 Å². The van der Waals surface area contributed by atoms with Crippen molar-refractivity contribution in [2.24, 2.45) is 5.92 Å². The molecule has 0 aliphatic heterocycles. The summed E-state index contributed by atoms with van der Waals surface area (Å²) in [4.78, 5) is 25.2. The van der Waals surface area contributed by atoms with Crippen LogP contribution in [0.1, 0.15) is 18.2 Å². The van der Waals surface area contributed by atoms with Crippen molar-refractivity contribution in [3.05, 3.63) is 52.2 Å². The third kappa shape index (κ3) is 2.76. The molecule has 1 atom stereocenters. The Morgan fingerprint density at radius 2 is 2.21 bits per heavy atom. The summed E-state index contributed by atoms with van der Waals surface area (Å²) in [6, 6.07) is 7.38. The second-order valence-electron chi connectivity index (χ2n) is 4.68. The maximum atomic E-state index is 11.7. The van der Waals surface area contributed by atoms with Crippen LogP contribution in [-0.2, 0) is 11.2 Å². The average Bonchev–Trinajstić information content (AvgIpc) is 2.69. The first-order chi connectivity index (χ1) is 8.99. The van der Waals surface area contributed by atoms with Gasteiger partial charge < -0.3 is 10.1 Å². The van der Waals surface area contributed by atoms with Gasteiger partial charge in [0.15, 0.2) is 0 Å². The predicted octanol–water partition coefficient (Wildman–Crippen LogP) is 1.74. The Balaban J connectivity index is 2.35. The number of nitrogens with one attached hydrogen (secondary N) is 1. The fourth-order valence-corrected chi connectivity index (χ4v) is 2.04. The fourth-order valence-electron chi connectivity index (χ4n) is 2.04. The van der Waals surface area contributed by atoms with Crippen LogP contribution in [0.15, 0.2) is 35.3 Å². The smallest absolute Gasteiger partial charge is 0.330 e. The molecule has 5 heteroatoms. The number of carboxylic acid groups (broad SMARTS) is 1. The third-order valence-electron chi connectivity index (χ3n) is 3.09. The predicted molar refractivity (Wildman–Crippen MR) is 71.6 cm³/mol. The van der Waals surface area contributed by atoms with Crippen LogP contribution in [0.2, 0.25) is 0 Å². The summed E-state index contributed by atoms with van der Waals surface area (Å²) in [5.74, 6) is -1.26. The molecule has 0 spiro atoms. The molecule has 0 aliphatic carbocycles. The summed E-state index contributed by atoms with van der Waals surface area (Å²) in [5, 5.41) is 8.92. The topological polar surface area (TPSA) is 75.1 Å². The molecule has 19 heavy (non-hydrogen) atoms. The molecule has 0 saturated carbocycles. The second kappa shape index (κ2) is 5.14. The summed E-state index contributed by atoms with van der Waals surface area (Å²) in [6.07, 6.45) is 2.09. The minimum Gasteiger partial charge on any atom is -0.481 e. The zero-order valence-corrected chi connectivity index (χ0v) is 10.9. The first-order valence-corrected chi connectivity index (χ1v) is 6.08. The molecular weight excluding hydrogens is 244 g/mol. The molecular formula is C14H16N2O3. The van der Waals surface area contributed by atoms with E-state index in [1.807, 2.05) is 31.2 Å². The molecule has 0 saturated heterocycles. The number of aromatic amines is 1. The van der Waals surface area contributed by atoms with Gasteiger partial charge in [0.2, 0.25) is 0 Å². The molecule has 2 N–H and O–H groups in total. The van der Waals surface area contributed by atoms with Crippen molar-refractivity contribution < 1.29 is 9.90 Å². The van der Waals surface area contributed by atoms with E-state index in [2.05, 4.69) is 4.98 Å². The number of aromatic nitrogens is 2. The molecule has 0 fully saturated rings. The summed E-state index contributed by atoms with van der Waals surface area (Å²) in [7, 11) is 0. The Bertz CT molecular complexity index is 655. The first-order valence-electron chi connectivity index (χ1n) is 6.08. The molecule has 1 aromatic carbocycles. The number of rotatable bonds is 4. The lowest BCUT2D eigenvalue weighted by Crippen LogP contribution is -2.16. The summed E-state index contributed by atoms with van der Waals surface area (Å²) in [6.45, 7) is 3.51. The van der Waals surface area contributed by atoms with Gasteiger partial charge in [0.25, 0.3) is 0 Å². The number of carbonyl (C=O) groups is 1. The highest BCUT2D eigenvalue weighted by Crippen LogP contribution is 2.14. The van der Waals surface area contributed by atoms with E-state index in [9.17, 15) is 9.59 Å². The lowest BCUT2D eigenvalue weighted by Gasteiger charge is -2.09. The van der Waals surface area contributed by atoms with Gasteiger partial charge in [0.1, 0.15) is 0 Å². The third-order valence-corrected chi connectivity index (χ3v) is 3.09. The van der Waals surface area contributed by atoms with Crippen molar-refractivity contribution in [1.82, 2.24) is 9.55 Å². The zero-order valence-electron chi connectivity index (χ0n) is 10.9. The highest BCUT2D eigenvalue weighted by Gasteiger charge is 2.12. The Hall–Kier alpha value is -2.30. The van der Waals surface area contributed by atoms with E-state index in [0.29, 0.717) is 6.42 Å². The summed E-state index contributed by atoms with van der Waals surface area (Å²) in [5.41, 5.74) is 2.27. The monoisotopic (exact) mass is 260 g/mol. The molecule has 0 bridgehead atoms. The van der Waals surface area contributed by atoms with Crippen LogP contribution < -0.4 is 5.69 Å². The van der Waals surface area contributed by atoms with Crippen LogP contribution in [0, 0.1) is 12.8 Å². The number of aryl methyl sites for hydroxylation is 1. The molecule has 100 valence electrons. The second-order valence-corrected chi connectivity index (χ2v) is 4.68. The number of carboxylic acids is 1. The Morgan fingerprint density at radius 1 is 1.47 bits per heavy atom. The maximum absolute atomic E-state index is 11.7.